The summed E-state index contributed by atoms with van der Waals surface area (Å²) >= 11 is 5.99. The number of carboxylic acid groups (broad SMARTS) is 1. The number of carbonyl (C=O) groups is 2. The van der Waals surface area contributed by atoms with Crippen LogP contribution in [-0.2, 0) is 9.59 Å². The van der Waals surface area contributed by atoms with E-state index in [-0.39, 0.29) is 12.5 Å². The maximum absolute atomic E-state index is 12.1. The quantitative estimate of drug-likeness (QED) is 0.896. The highest BCUT2D eigenvalue weighted by atomic mass is 35.5. The van der Waals surface area contributed by atoms with Gasteiger partial charge in [0.05, 0.1) is 22.7 Å². The topological polar surface area (TPSA) is 69.6 Å². The van der Waals surface area contributed by atoms with E-state index in [0.717, 1.165) is 13.0 Å². The van der Waals surface area contributed by atoms with Crippen LogP contribution in [0.2, 0.25) is 5.02 Å². The van der Waals surface area contributed by atoms with Crippen molar-refractivity contribution in [2.75, 3.05) is 25.0 Å². The molecular formula is C15H19ClN2O3. The summed E-state index contributed by atoms with van der Waals surface area (Å²) < 4.78 is 0. The molecule has 1 saturated heterocycles. The lowest BCUT2D eigenvalue weighted by molar-refractivity contribution is -0.151. The minimum Gasteiger partial charge on any atom is -0.481 e. The van der Waals surface area contributed by atoms with Crippen molar-refractivity contribution in [1.29, 1.82) is 0 Å². The van der Waals surface area contributed by atoms with E-state index in [9.17, 15) is 14.7 Å². The molecule has 0 aliphatic carbocycles. The van der Waals surface area contributed by atoms with E-state index < -0.39 is 11.4 Å². The molecule has 6 heteroatoms. The molecule has 1 heterocycles. The van der Waals surface area contributed by atoms with E-state index in [2.05, 4.69) is 5.32 Å². The third kappa shape index (κ3) is 3.95. The van der Waals surface area contributed by atoms with E-state index in [4.69, 9.17) is 11.6 Å². The number of rotatable bonds is 4. The van der Waals surface area contributed by atoms with Crippen LogP contribution in [0.3, 0.4) is 0 Å². The fourth-order valence-electron chi connectivity index (χ4n) is 2.61. The highest BCUT2D eigenvalue weighted by Crippen LogP contribution is 2.29. The smallest absolute Gasteiger partial charge is 0.310 e. The van der Waals surface area contributed by atoms with Crippen molar-refractivity contribution in [2.45, 2.75) is 19.8 Å². The third-order valence-corrected chi connectivity index (χ3v) is 4.14. The molecule has 1 aromatic rings. The Kier molecular flexibility index (Phi) is 4.85. The van der Waals surface area contributed by atoms with Gasteiger partial charge in [-0.1, -0.05) is 23.7 Å². The Morgan fingerprint density at radius 3 is 2.81 bits per heavy atom. The van der Waals surface area contributed by atoms with Crippen LogP contribution in [0.1, 0.15) is 19.8 Å². The van der Waals surface area contributed by atoms with Gasteiger partial charge >= 0.3 is 5.97 Å². The Balaban J connectivity index is 1.94. The molecule has 1 fully saturated rings. The van der Waals surface area contributed by atoms with Crippen LogP contribution in [0, 0.1) is 5.41 Å². The van der Waals surface area contributed by atoms with Crippen LogP contribution in [0.15, 0.2) is 24.3 Å². The zero-order valence-electron chi connectivity index (χ0n) is 11.9. The van der Waals surface area contributed by atoms with Gasteiger partial charge in [-0.3, -0.25) is 14.5 Å². The Labute approximate surface area is 128 Å². The summed E-state index contributed by atoms with van der Waals surface area (Å²) in [6.45, 7) is 3.03. The van der Waals surface area contributed by atoms with Gasteiger partial charge in [-0.15, -0.1) is 0 Å². The SMILES string of the molecule is CC1(C(=O)O)CCCN(CC(=O)Nc2ccccc2Cl)C1. The van der Waals surface area contributed by atoms with Gasteiger partial charge in [0.1, 0.15) is 0 Å². The van der Waals surface area contributed by atoms with Crippen LogP contribution < -0.4 is 5.32 Å². The lowest BCUT2D eigenvalue weighted by Gasteiger charge is -2.37. The molecule has 0 bridgehead atoms. The predicted molar refractivity (Wildman–Crippen MR) is 81.5 cm³/mol. The van der Waals surface area contributed by atoms with Gasteiger partial charge in [0.25, 0.3) is 0 Å². The summed E-state index contributed by atoms with van der Waals surface area (Å²) in [6, 6.07) is 7.03. The number of para-hydroxylation sites is 1. The van der Waals surface area contributed by atoms with Crippen LogP contribution in [0.5, 0.6) is 0 Å². The monoisotopic (exact) mass is 310 g/mol. The van der Waals surface area contributed by atoms with Crippen LogP contribution >= 0.6 is 11.6 Å². The highest BCUT2D eigenvalue weighted by molar-refractivity contribution is 6.33. The van der Waals surface area contributed by atoms with Crippen LogP contribution in [0.25, 0.3) is 0 Å². The number of halogens is 1. The first-order valence-electron chi connectivity index (χ1n) is 6.91. The molecule has 21 heavy (non-hydrogen) atoms. The van der Waals surface area contributed by atoms with Crippen molar-refractivity contribution in [3.63, 3.8) is 0 Å². The van der Waals surface area contributed by atoms with Gasteiger partial charge in [-0.25, -0.2) is 0 Å². The molecule has 5 nitrogen and oxygen atoms in total. The lowest BCUT2D eigenvalue weighted by atomic mass is 9.82. The number of carboxylic acids is 1. The van der Waals surface area contributed by atoms with Gasteiger partial charge in [0.15, 0.2) is 0 Å². The molecule has 0 spiro atoms. The Morgan fingerprint density at radius 2 is 2.14 bits per heavy atom. The number of nitrogens with one attached hydrogen (secondary N) is 1. The second kappa shape index (κ2) is 6.45. The predicted octanol–water partition coefficient (Wildman–Crippen LogP) is 2.47. The highest BCUT2D eigenvalue weighted by Gasteiger charge is 2.38. The van der Waals surface area contributed by atoms with Gasteiger partial charge in [0, 0.05) is 6.54 Å². The van der Waals surface area contributed by atoms with E-state index in [0.29, 0.717) is 23.7 Å². The molecular weight excluding hydrogens is 292 g/mol. The maximum atomic E-state index is 12.1. The normalized spacial score (nSPS) is 22.8. The van der Waals surface area contributed by atoms with Crippen molar-refractivity contribution >= 4 is 29.2 Å². The molecule has 1 unspecified atom stereocenters. The molecule has 2 rings (SSSR count). The maximum Gasteiger partial charge on any atom is 0.310 e. The first kappa shape index (κ1) is 15.8. The lowest BCUT2D eigenvalue weighted by Crippen LogP contribution is -2.48. The number of piperidine rings is 1. The summed E-state index contributed by atoms with van der Waals surface area (Å²) in [5.41, 5.74) is -0.203. The largest absolute Gasteiger partial charge is 0.481 e. The van der Waals surface area contributed by atoms with Gasteiger partial charge < -0.3 is 10.4 Å². The van der Waals surface area contributed by atoms with Crippen LogP contribution in [0.4, 0.5) is 5.69 Å². The van der Waals surface area contributed by atoms with E-state index in [1.807, 2.05) is 4.90 Å². The summed E-state index contributed by atoms with van der Waals surface area (Å²) in [6.07, 6.45) is 1.42. The Hall–Kier alpha value is -1.59. The van der Waals surface area contributed by atoms with Gasteiger partial charge in [-0.05, 0) is 38.4 Å². The standard InChI is InChI=1S/C15H19ClN2O3/c1-15(14(20)21)7-4-8-18(10-15)9-13(19)17-12-6-3-2-5-11(12)16/h2-3,5-6H,4,7-10H2,1H3,(H,17,19)(H,20,21). The first-order valence-corrected chi connectivity index (χ1v) is 7.29. The number of benzene rings is 1. The average Bonchev–Trinajstić information content (AvgIpc) is 2.41. The van der Waals surface area contributed by atoms with Crippen molar-refractivity contribution < 1.29 is 14.7 Å². The summed E-state index contributed by atoms with van der Waals surface area (Å²) in [7, 11) is 0. The summed E-state index contributed by atoms with van der Waals surface area (Å²) in [4.78, 5) is 25.2. The molecule has 1 aliphatic rings. The Morgan fingerprint density at radius 1 is 1.43 bits per heavy atom. The average molecular weight is 311 g/mol. The van der Waals surface area contributed by atoms with Crippen molar-refractivity contribution in [1.82, 2.24) is 4.90 Å². The Bertz CT molecular complexity index is 549. The fraction of sp³-hybridized carbons (Fsp3) is 0.467. The molecule has 1 atom stereocenters. The number of nitrogens with zero attached hydrogens (tertiary/aromatic N) is 1. The van der Waals surface area contributed by atoms with Crippen LogP contribution in [-0.4, -0.2) is 41.5 Å². The van der Waals surface area contributed by atoms with E-state index in [1.54, 1.807) is 31.2 Å². The van der Waals surface area contributed by atoms with Gasteiger partial charge in [0.2, 0.25) is 5.91 Å². The number of carbonyl (C=O) groups excluding carboxylic acids is 1. The van der Waals surface area contributed by atoms with E-state index >= 15 is 0 Å². The number of anilines is 1. The fourth-order valence-corrected chi connectivity index (χ4v) is 2.79. The molecule has 0 saturated carbocycles. The molecule has 2 N–H and O–H groups in total. The minimum absolute atomic E-state index is 0.175. The van der Waals surface area contributed by atoms with Crippen molar-refractivity contribution in [3.8, 4) is 0 Å². The minimum atomic E-state index is -0.807. The second-order valence-corrected chi connectivity index (χ2v) is 6.12. The number of hydrogen-bond donors (Lipinski definition) is 2. The molecule has 0 aromatic heterocycles. The molecule has 114 valence electrons. The molecule has 1 aromatic carbocycles. The van der Waals surface area contributed by atoms with Crippen molar-refractivity contribution in [3.05, 3.63) is 29.3 Å². The summed E-state index contributed by atoms with van der Waals surface area (Å²) in [5.74, 6) is -0.989. The number of hydrogen-bond acceptors (Lipinski definition) is 3. The van der Waals surface area contributed by atoms with Gasteiger partial charge in [-0.2, -0.15) is 0 Å². The van der Waals surface area contributed by atoms with E-state index in [1.165, 1.54) is 0 Å². The zero-order valence-corrected chi connectivity index (χ0v) is 12.7. The zero-order chi connectivity index (χ0) is 15.5. The number of aliphatic carboxylic acids is 1. The number of amides is 1. The summed E-state index contributed by atoms with van der Waals surface area (Å²) in [5, 5.41) is 12.5. The molecule has 1 amide bonds. The second-order valence-electron chi connectivity index (χ2n) is 5.71. The molecule has 0 radical (unpaired) electrons. The van der Waals surface area contributed by atoms with Crippen molar-refractivity contribution in [2.24, 2.45) is 5.41 Å². The third-order valence-electron chi connectivity index (χ3n) is 3.81. The first-order chi connectivity index (χ1) is 9.90. The number of likely N-dealkylation sites (tertiary alicyclic amines) is 1. The molecule has 1 aliphatic heterocycles.